The van der Waals surface area contributed by atoms with Crippen molar-refractivity contribution in [2.75, 3.05) is 10.6 Å². The minimum atomic E-state index is -1.33. The topological polar surface area (TPSA) is 130 Å². The molecule has 27 heavy (non-hydrogen) atoms. The molecule has 0 bridgehead atoms. The van der Waals surface area contributed by atoms with Gasteiger partial charge in [0.25, 0.3) is 0 Å². The van der Waals surface area contributed by atoms with Crippen molar-refractivity contribution in [2.24, 2.45) is 0 Å². The van der Waals surface area contributed by atoms with Crippen LogP contribution in [0.5, 0.6) is 0 Å². The van der Waals surface area contributed by atoms with E-state index in [1.54, 1.807) is 9.47 Å². The van der Waals surface area contributed by atoms with E-state index in [-0.39, 0.29) is 22.8 Å². The summed E-state index contributed by atoms with van der Waals surface area (Å²) in [5.74, 6) is -1.54. The summed E-state index contributed by atoms with van der Waals surface area (Å²) in [6.45, 7) is 0.726. The average Bonchev–Trinajstić information content (AvgIpc) is 3.29. The fraction of sp³-hybridized carbons (Fsp3) is 0.294. The summed E-state index contributed by atoms with van der Waals surface area (Å²) < 4.78 is 16.5. The lowest BCUT2D eigenvalue weighted by Crippen LogP contribution is -2.23. The first kappa shape index (κ1) is 15.8. The van der Waals surface area contributed by atoms with E-state index in [1.165, 1.54) is 6.20 Å². The number of nitrogen functional groups attached to an aromatic ring is 1. The molecule has 3 aromatic heterocycles. The van der Waals surface area contributed by atoms with Crippen LogP contribution in [0.15, 0.2) is 17.1 Å². The molecule has 0 spiro atoms. The van der Waals surface area contributed by atoms with Gasteiger partial charge >= 0.3 is 5.97 Å². The van der Waals surface area contributed by atoms with E-state index in [0.29, 0.717) is 24.6 Å². The number of hydrogen-bond donors (Lipinski definition) is 3. The Morgan fingerprint density at radius 3 is 2.81 bits per heavy atom. The number of halogens is 1. The van der Waals surface area contributed by atoms with Crippen molar-refractivity contribution in [2.45, 2.75) is 32.0 Å². The lowest BCUT2D eigenvalue weighted by atomic mass is 10.2. The Morgan fingerprint density at radius 1 is 1.37 bits per heavy atom. The van der Waals surface area contributed by atoms with E-state index in [2.05, 4.69) is 15.2 Å². The number of anilines is 2. The van der Waals surface area contributed by atoms with Crippen LogP contribution in [0.3, 0.4) is 0 Å². The molecule has 1 saturated carbocycles. The standard InChI is InChI=1S/C17H15FN6O3/c18-11-3-8-13(25)10(17(26)27)5-24(7-1-2-7)15(8)20-16(11)23-4-9-12(6-23)21-22-14(9)19/h3,5,7H,1-2,4,6H2,(H,26,27)(H3,19,21,22). The molecule has 4 N–H and O–H groups in total. The molecule has 0 radical (unpaired) electrons. The second-order valence-corrected chi connectivity index (χ2v) is 6.90. The first-order chi connectivity index (χ1) is 12.9. The third-order valence-corrected chi connectivity index (χ3v) is 5.09. The maximum Gasteiger partial charge on any atom is 0.341 e. The molecule has 0 amide bonds. The van der Waals surface area contributed by atoms with Crippen LogP contribution in [0, 0.1) is 5.82 Å². The van der Waals surface area contributed by atoms with E-state index in [0.717, 1.165) is 30.2 Å². The summed E-state index contributed by atoms with van der Waals surface area (Å²) in [6, 6.07) is 1.16. The monoisotopic (exact) mass is 370 g/mol. The van der Waals surface area contributed by atoms with Gasteiger partial charge in [-0.15, -0.1) is 0 Å². The zero-order valence-corrected chi connectivity index (χ0v) is 14.1. The van der Waals surface area contributed by atoms with Crippen LogP contribution in [0.25, 0.3) is 11.0 Å². The summed E-state index contributed by atoms with van der Waals surface area (Å²) in [4.78, 5) is 30.0. The molecular weight excluding hydrogens is 355 g/mol. The van der Waals surface area contributed by atoms with Gasteiger partial charge in [-0.05, 0) is 18.9 Å². The Hall–Kier alpha value is -3.43. The quantitative estimate of drug-likeness (QED) is 0.635. The molecule has 4 heterocycles. The molecule has 0 unspecified atom stereocenters. The van der Waals surface area contributed by atoms with Gasteiger partial charge in [0.1, 0.15) is 11.2 Å². The van der Waals surface area contributed by atoms with Crippen molar-refractivity contribution in [3.63, 3.8) is 0 Å². The number of hydrogen-bond acceptors (Lipinski definition) is 6. The van der Waals surface area contributed by atoms with E-state index < -0.39 is 17.2 Å². The molecule has 1 aliphatic heterocycles. The third-order valence-electron chi connectivity index (χ3n) is 5.09. The number of rotatable bonds is 3. The largest absolute Gasteiger partial charge is 0.477 e. The molecule has 0 aromatic carbocycles. The van der Waals surface area contributed by atoms with Gasteiger partial charge in [-0.3, -0.25) is 9.89 Å². The van der Waals surface area contributed by atoms with Crippen LogP contribution in [-0.4, -0.2) is 30.8 Å². The van der Waals surface area contributed by atoms with Gasteiger partial charge in [-0.1, -0.05) is 0 Å². The van der Waals surface area contributed by atoms with Crippen molar-refractivity contribution < 1.29 is 14.3 Å². The van der Waals surface area contributed by atoms with Gasteiger partial charge in [-0.2, -0.15) is 5.10 Å². The molecule has 2 aliphatic rings. The minimum Gasteiger partial charge on any atom is -0.477 e. The highest BCUT2D eigenvalue weighted by Gasteiger charge is 2.31. The second-order valence-electron chi connectivity index (χ2n) is 6.90. The molecule has 0 saturated heterocycles. The Labute approximate surface area is 151 Å². The maximum absolute atomic E-state index is 14.8. The van der Waals surface area contributed by atoms with Crippen LogP contribution in [0.1, 0.15) is 40.5 Å². The van der Waals surface area contributed by atoms with Crippen molar-refractivity contribution in [1.29, 1.82) is 0 Å². The van der Waals surface area contributed by atoms with Crippen LogP contribution in [0.4, 0.5) is 16.0 Å². The highest BCUT2D eigenvalue weighted by molar-refractivity contribution is 5.92. The van der Waals surface area contributed by atoms with Gasteiger partial charge < -0.3 is 20.3 Å². The van der Waals surface area contributed by atoms with Crippen LogP contribution < -0.4 is 16.1 Å². The zero-order valence-electron chi connectivity index (χ0n) is 14.1. The Bertz CT molecular complexity index is 1180. The van der Waals surface area contributed by atoms with Gasteiger partial charge in [0.2, 0.25) is 5.43 Å². The van der Waals surface area contributed by atoms with Crippen molar-refractivity contribution in [3.8, 4) is 0 Å². The zero-order chi connectivity index (χ0) is 18.9. The fourth-order valence-corrected chi connectivity index (χ4v) is 3.55. The van der Waals surface area contributed by atoms with Gasteiger partial charge in [0, 0.05) is 17.8 Å². The van der Waals surface area contributed by atoms with E-state index >= 15 is 0 Å². The number of nitrogens with one attached hydrogen (secondary N) is 1. The lowest BCUT2D eigenvalue weighted by Gasteiger charge is -2.19. The minimum absolute atomic E-state index is 0.0260. The Balaban J connectivity index is 1.69. The highest BCUT2D eigenvalue weighted by atomic mass is 19.1. The van der Waals surface area contributed by atoms with Crippen LogP contribution in [-0.2, 0) is 13.1 Å². The second kappa shape index (κ2) is 5.29. The molecule has 1 aliphatic carbocycles. The van der Waals surface area contributed by atoms with Crippen molar-refractivity contribution in [3.05, 3.63) is 45.1 Å². The number of nitrogens with zero attached hydrogens (tertiary/aromatic N) is 4. The number of H-pyrrole nitrogens is 1. The van der Waals surface area contributed by atoms with Crippen LogP contribution >= 0.6 is 0 Å². The molecular formula is C17H15FN6O3. The lowest BCUT2D eigenvalue weighted by molar-refractivity contribution is 0.0695. The molecule has 138 valence electrons. The number of aromatic amines is 1. The number of carboxylic acids is 1. The normalized spacial score (nSPS) is 16.1. The van der Waals surface area contributed by atoms with E-state index in [9.17, 15) is 19.1 Å². The Morgan fingerprint density at radius 2 is 2.15 bits per heavy atom. The third kappa shape index (κ3) is 2.29. The van der Waals surface area contributed by atoms with E-state index in [1.807, 2.05) is 0 Å². The SMILES string of the molecule is Nc1n[nH]c2c1CN(c1nc3c(cc1F)c(=O)c(C(=O)O)cn3C1CC1)C2. The molecule has 5 rings (SSSR count). The fourth-order valence-electron chi connectivity index (χ4n) is 3.55. The smallest absolute Gasteiger partial charge is 0.341 e. The summed E-state index contributed by atoms with van der Waals surface area (Å²) in [6.07, 6.45) is 3.04. The maximum atomic E-state index is 14.8. The molecule has 1 fully saturated rings. The number of fused-ring (bicyclic) bond motifs is 2. The predicted molar refractivity (Wildman–Crippen MR) is 94.1 cm³/mol. The molecule has 10 heteroatoms. The van der Waals surface area contributed by atoms with Gasteiger partial charge in [0.15, 0.2) is 17.5 Å². The summed E-state index contributed by atoms with van der Waals surface area (Å²) >= 11 is 0. The predicted octanol–water partition coefficient (Wildman–Crippen LogP) is 1.39. The Kier molecular flexibility index (Phi) is 3.09. The number of carboxylic acid groups (broad SMARTS) is 1. The molecule has 0 atom stereocenters. The number of carbonyl (C=O) groups is 1. The van der Waals surface area contributed by atoms with Gasteiger partial charge in [-0.25, -0.2) is 14.2 Å². The number of aromatic carboxylic acids is 1. The highest BCUT2D eigenvalue weighted by Crippen LogP contribution is 2.38. The van der Waals surface area contributed by atoms with Crippen molar-refractivity contribution in [1.82, 2.24) is 19.7 Å². The number of aromatic nitrogens is 4. The van der Waals surface area contributed by atoms with Gasteiger partial charge in [0.05, 0.1) is 24.2 Å². The van der Waals surface area contributed by atoms with E-state index in [4.69, 9.17) is 5.73 Å². The first-order valence-electron chi connectivity index (χ1n) is 8.49. The summed E-state index contributed by atoms with van der Waals surface area (Å²) in [7, 11) is 0. The number of pyridine rings is 2. The summed E-state index contributed by atoms with van der Waals surface area (Å²) in [5.41, 5.74) is 6.61. The van der Waals surface area contributed by atoms with Crippen LogP contribution in [0.2, 0.25) is 0 Å². The summed E-state index contributed by atoms with van der Waals surface area (Å²) in [5, 5.41) is 16.0. The number of nitrogens with two attached hydrogens (primary N) is 1. The molecule has 3 aromatic rings. The first-order valence-corrected chi connectivity index (χ1v) is 8.49. The molecule has 9 nitrogen and oxygen atoms in total. The van der Waals surface area contributed by atoms with Crippen molar-refractivity contribution >= 4 is 28.6 Å². The average molecular weight is 370 g/mol.